The average Bonchev–Trinajstić information content (AvgIpc) is 2.38. The van der Waals surface area contributed by atoms with Crippen LogP contribution in [0.4, 0.5) is 0 Å². The molecule has 17 heavy (non-hydrogen) atoms. The molecule has 0 aliphatic heterocycles. The van der Waals surface area contributed by atoms with Crippen LogP contribution in [0.5, 0.6) is 0 Å². The molecule has 0 radical (unpaired) electrons. The molecule has 0 fully saturated rings. The number of nitrogens with zero attached hydrogens (tertiary/aromatic N) is 1. The normalized spacial score (nSPS) is 12.6. The van der Waals surface area contributed by atoms with E-state index < -0.39 is 0 Å². The molecule has 1 aromatic heterocycles. The van der Waals surface area contributed by atoms with Gasteiger partial charge in [-0.15, -0.1) is 0 Å². The van der Waals surface area contributed by atoms with Crippen molar-refractivity contribution in [1.29, 1.82) is 0 Å². The zero-order valence-corrected chi connectivity index (χ0v) is 11.3. The first kappa shape index (κ1) is 14.2. The first-order valence-corrected chi connectivity index (χ1v) is 6.99. The van der Waals surface area contributed by atoms with Gasteiger partial charge in [-0.25, -0.2) is 0 Å². The summed E-state index contributed by atoms with van der Waals surface area (Å²) in [5.41, 5.74) is 8.63. The maximum Gasteiger partial charge on any atom is 0.0602 e. The second-order valence-electron chi connectivity index (χ2n) is 4.71. The van der Waals surface area contributed by atoms with Crippen molar-refractivity contribution in [2.24, 2.45) is 5.73 Å². The summed E-state index contributed by atoms with van der Waals surface area (Å²) in [6.07, 6.45) is 10.4. The van der Waals surface area contributed by atoms with Gasteiger partial charge in [-0.1, -0.05) is 52.0 Å². The van der Waals surface area contributed by atoms with E-state index in [1.165, 1.54) is 37.7 Å². The summed E-state index contributed by atoms with van der Waals surface area (Å²) >= 11 is 0. The predicted octanol–water partition coefficient (Wildman–Crippen LogP) is 4.00. The van der Waals surface area contributed by atoms with Gasteiger partial charge in [-0.3, -0.25) is 4.98 Å². The van der Waals surface area contributed by atoms with Crippen molar-refractivity contribution in [1.82, 2.24) is 4.98 Å². The Morgan fingerprint density at radius 2 is 1.94 bits per heavy atom. The number of aromatic nitrogens is 1. The van der Waals surface area contributed by atoms with Crippen molar-refractivity contribution in [2.75, 3.05) is 0 Å². The number of hydrogen-bond donors (Lipinski definition) is 1. The van der Waals surface area contributed by atoms with E-state index in [2.05, 4.69) is 24.9 Å². The number of rotatable bonds is 8. The molecule has 0 aliphatic carbocycles. The van der Waals surface area contributed by atoms with Crippen molar-refractivity contribution in [3.8, 4) is 0 Å². The van der Waals surface area contributed by atoms with E-state index in [-0.39, 0.29) is 6.04 Å². The fourth-order valence-corrected chi connectivity index (χ4v) is 2.19. The first-order valence-electron chi connectivity index (χ1n) is 6.99. The van der Waals surface area contributed by atoms with Crippen LogP contribution in [-0.4, -0.2) is 4.98 Å². The summed E-state index contributed by atoms with van der Waals surface area (Å²) in [5, 5.41) is 0. The zero-order chi connectivity index (χ0) is 12.5. The molecule has 2 heteroatoms. The van der Waals surface area contributed by atoms with Gasteiger partial charge in [0.15, 0.2) is 0 Å². The van der Waals surface area contributed by atoms with Gasteiger partial charge in [0.25, 0.3) is 0 Å². The highest BCUT2D eigenvalue weighted by Crippen LogP contribution is 2.19. The largest absolute Gasteiger partial charge is 0.323 e. The summed E-state index contributed by atoms with van der Waals surface area (Å²) in [4.78, 5) is 4.44. The van der Waals surface area contributed by atoms with Gasteiger partial charge < -0.3 is 5.73 Å². The second kappa shape index (κ2) is 8.24. The lowest BCUT2D eigenvalue weighted by Crippen LogP contribution is -2.14. The monoisotopic (exact) mass is 234 g/mol. The van der Waals surface area contributed by atoms with Gasteiger partial charge in [0.2, 0.25) is 0 Å². The molecule has 2 N–H and O–H groups in total. The van der Waals surface area contributed by atoms with Crippen LogP contribution in [0.2, 0.25) is 0 Å². The molecule has 1 rings (SSSR count). The summed E-state index contributed by atoms with van der Waals surface area (Å²) in [7, 11) is 0. The molecule has 1 aromatic rings. The Labute approximate surface area is 106 Å². The third-order valence-corrected chi connectivity index (χ3v) is 3.28. The molecule has 0 aromatic carbocycles. The van der Waals surface area contributed by atoms with E-state index in [1.807, 2.05) is 12.3 Å². The Bertz CT molecular complexity index is 310. The fourth-order valence-electron chi connectivity index (χ4n) is 2.19. The van der Waals surface area contributed by atoms with Gasteiger partial charge >= 0.3 is 0 Å². The lowest BCUT2D eigenvalue weighted by Gasteiger charge is -2.14. The zero-order valence-electron chi connectivity index (χ0n) is 11.3. The molecule has 0 saturated carbocycles. The Balaban J connectivity index is 2.38. The minimum absolute atomic E-state index is 0.118. The second-order valence-corrected chi connectivity index (χ2v) is 4.71. The summed E-state index contributed by atoms with van der Waals surface area (Å²) in [5.74, 6) is 0. The Morgan fingerprint density at radius 3 is 2.65 bits per heavy atom. The highest BCUT2D eigenvalue weighted by Gasteiger charge is 2.10. The van der Waals surface area contributed by atoms with Gasteiger partial charge in [-0.05, 0) is 24.5 Å². The lowest BCUT2D eigenvalue weighted by molar-refractivity contribution is 0.545. The van der Waals surface area contributed by atoms with Gasteiger partial charge in [0.05, 0.1) is 5.69 Å². The molecule has 1 unspecified atom stereocenters. The third kappa shape index (κ3) is 4.86. The summed E-state index contributed by atoms with van der Waals surface area (Å²) < 4.78 is 0. The lowest BCUT2D eigenvalue weighted by atomic mass is 10.00. The number of aryl methyl sites for hydroxylation is 1. The average molecular weight is 234 g/mol. The van der Waals surface area contributed by atoms with Crippen molar-refractivity contribution in [2.45, 2.75) is 64.8 Å². The van der Waals surface area contributed by atoms with E-state index in [0.717, 1.165) is 18.5 Å². The van der Waals surface area contributed by atoms with Gasteiger partial charge in [0.1, 0.15) is 0 Å². The topological polar surface area (TPSA) is 38.9 Å². The molecule has 0 aliphatic rings. The quantitative estimate of drug-likeness (QED) is 0.690. The molecular weight excluding hydrogens is 208 g/mol. The Kier molecular flexibility index (Phi) is 6.87. The van der Waals surface area contributed by atoms with E-state index in [9.17, 15) is 0 Å². The highest BCUT2D eigenvalue weighted by atomic mass is 14.8. The molecule has 0 bridgehead atoms. The van der Waals surface area contributed by atoms with Crippen LogP contribution in [0.15, 0.2) is 18.3 Å². The number of hydrogen-bond acceptors (Lipinski definition) is 2. The summed E-state index contributed by atoms with van der Waals surface area (Å²) in [6, 6.07) is 4.25. The molecule has 1 heterocycles. The molecule has 0 spiro atoms. The van der Waals surface area contributed by atoms with E-state index in [1.54, 1.807) is 0 Å². The van der Waals surface area contributed by atoms with Crippen molar-refractivity contribution in [3.05, 3.63) is 29.6 Å². The molecular formula is C15H26N2. The Hall–Kier alpha value is -0.890. The minimum Gasteiger partial charge on any atom is -0.323 e. The Morgan fingerprint density at radius 1 is 1.18 bits per heavy atom. The SMILES string of the molecule is CCCCCCCC(N)c1ncccc1CC. The molecule has 2 nitrogen and oxygen atoms in total. The highest BCUT2D eigenvalue weighted by molar-refractivity contribution is 5.22. The molecule has 0 amide bonds. The molecule has 1 atom stereocenters. The van der Waals surface area contributed by atoms with Crippen LogP contribution in [-0.2, 0) is 6.42 Å². The minimum atomic E-state index is 0.118. The van der Waals surface area contributed by atoms with E-state index in [4.69, 9.17) is 5.73 Å². The smallest absolute Gasteiger partial charge is 0.0602 e. The van der Waals surface area contributed by atoms with Crippen LogP contribution in [0.3, 0.4) is 0 Å². The number of unbranched alkanes of at least 4 members (excludes halogenated alkanes) is 4. The fraction of sp³-hybridized carbons (Fsp3) is 0.667. The number of nitrogens with two attached hydrogens (primary N) is 1. The standard InChI is InChI=1S/C15H26N2/c1-3-5-6-7-8-11-14(16)15-13(4-2)10-9-12-17-15/h9-10,12,14H,3-8,11,16H2,1-2H3. The van der Waals surface area contributed by atoms with Crippen LogP contribution >= 0.6 is 0 Å². The number of pyridine rings is 1. The van der Waals surface area contributed by atoms with Crippen molar-refractivity contribution >= 4 is 0 Å². The van der Waals surface area contributed by atoms with E-state index >= 15 is 0 Å². The van der Waals surface area contributed by atoms with Gasteiger partial charge in [0, 0.05) is 12.2 Å². The maximum atomic E-state index is 6.22. The van der Waals surface area contributed by atoms with Crippen molar-refractivity contribution < 1.29 is 0 Å². The van der Waals surface area contributed by atoms with Crippen LogP contribution in [0.1, 0.15) is 69.7 Å². The molecule has 96 valence electrons. The van der Waals surface area contributed by atoms with Crippen LogP contribution < -0.4 is 5.73 Å². The van der Waals surface area contributed by atoms with Crippen LogP contribution in [0.25, 0.3) is 0 Å². The van der Waals surface area contributed by atoms with Gasteiger partial charge in [-0.2, -0.15) is 0 Å². The third-order valence-electron chi connectivity index (χ3n) is 3.28. The van der Waals surface area contributed by atoms with Crippen molar-refractivity contribution in [3.63, 3.8) is 0 Å². The predicted molar refractivity (Wildman–Crippen MR) is 73.9 cm³/mol. The summed E-state index contributed by atoms with van der Waals surface area (Å²) in [6.45, 7) is 4.40. The first-order chi connectivity index (χ1) is 8.29. The van der Waals surface area contributed by atoms with Crippen LogP contribution in [0, 0.1) is 0 Å². The van der Waals surface area contributed by atoms with E-state index in [0.29, 0.717) is 0 Å². The maximum absolute atomic E-state index is 6.22. The molecule has 0 saturated heterocycles.